The molecule has 2 aromatic heterocycles. The number of aromatic amines is 2. The number of benzene rings is 2. The summed E-state index contributed by atoms with van der Waals surface area (Å²) in [4.78, 5) is 72.1. The van der Waals surface area contributed by atoms with Crippen LogP contribution in [0.15, 0.2) is 84.2 Å². The molecule has 14 nitrogen and oxygen atoms in total. The monoisotopic (exact) mass is 854 g/mol. The predicted octanol–water partition coefficient (Wildman–Crippen LogP) is 8.23. The molecule has 0 saturated heterocycles. The normalized spacial score (nSPS) is 19.7. The minimum Gasteiger partial charge on any atom is -0.453 e. The summed E-state index contributed by atoms with van der Waals surface area (Å²) in [6.45, 7) is 14.3. The molecule has 63 heavy (non-hydrogen) atoms. The Morgan fingerprint density at radius 1 is 0.762 bits per heavy atom. The molecule has 2 aliphatic heterocycles. The van der Waals surface area contributed by atoms with Gasteiger partial charge in [-0.15, -0.1) is 0 Å². The lowest BCUT2D eigenvalue weighted by Gasteiger charge is -2.30. The molecule has 0 unspecified atom stereocenters. The second-order valence-corrected chi connectivity index (χ2v) is 18.1. The Hall–Kier alpha value is -6.44. The van der Waals surface area contributed by atoms with Crippen molar-refractivity contribution >= 4 is 24.0 Å². The highest BCUT2D eigenvalue weighted by Crippen LogP contribution is 2.55. The van der Waals surface area contributed by atoms with Crippen molar-refractivity contribution in [2.45, 2.75) is 103 Å². The Morgan fingerprint density at radius 3 is 1.89 bits per heavy atom. The summed E-state index contributed by atoms with van der Waals surface area (Å²) in [5.41, 5.74) is 11.8. The molecule has 14 heteroatoms. The third-order valence-corrected chi connectivity index (χ3v) is 13.3. The zero-order valence-electron chi connectivity index (χ0n) is 37.3. The van der Waals surface area contributed by atoms with E-state index in [-0.39, 0.29) is 23.1 Å². The van der Waals surface area contributed by atoms with E-state index in [0.29, 0.717) is 30.3 Å². The van der Waals surface area contributed by atoms with Gasteiger partial charge in [0.25, 0.3) is 5.91 Å². The van der Waals surface area contributed by atoms with Crippen molar-refractivity contribution in [1.82, 2.24) is 40.4 Å². The Kier molecular flexibility index (Phi) is 11.9. The summed E-state index contributed by atoms with van der Waals surface area (Å²) >= 11 is 0. The number of nitrogens with one attached hydrogen (secondary N) is 4. The fourth-order valence-corrected chi connectivity index (χ4v) is 10.2. The van der Waals surface area contributed by atoms with Crippen LogP contribution in [0.3, 0.4) is 0 Å². The molecule has 4 atom stereocenters. The van der Waals surface area contributed by atoms with Crippen molar-refractivity contribution in [1.29, 1.82) is 0 Å². The number of hydrogen-bond donors (Lipinski definition) is 4. The van der Waals surface area contributed by atoms with Gasteiger partial charge < -0.3 is 39.9 Å². The number of amides is 4. The van der Waals surface area contributed by atoms with Gasteiger partial charge in [-0.05, 0) is 91.2 Å². The number of nitrogens with zero attached hydrogens (tertiary/aromatic N) is 4. The SMILES string of the molecule is C=C(C)[C@H](NC(=O)OC)C(=O)N1CC(C)=C[C@H]1c1ncc(-c2ccc(-c3ccc(-c4cnc([C@@H]5C=C(C)CN5C(=O)[C@@H](NC(=O)OC)C(C)C)[nH]4)c4c3C3(CCCC3)CC4)cc2)[nH]1. The standard InChI is InChI=1S/C49H58N8O6/c1-27(2)41(54-47(60)62-7)45(58)56-25-29(5)21-38(56)43-50-23-36(52-43)32-13-11-31(12-14-32)33-15-16-34(35-17-20-49(40(33)35)18-9-10-19-49)37-24-51-44(53-37)39-22-30(6)26-57(39)46(59)42(28(3)4)55-48(61)63-8/h11-16,21-24,28,38-39,41-42H,1,9-10,17-20,25-26H2,2-8H3,(H,50,52)(H,51,53)(H,54,60)(H,55,61)/t38-,39-,41-,42-/m0/s1. The molecular formula is C49H58N8O6. The zero-order chi connectivity index (χ0) is 44.7. The van der Waals surface area contributed by atoms with E-state index in [1.54, 1.807) is 22.9 Å². The fourth-order valence-electron chi connectivity index (χ4n) is 10.2. The molecule has 0 radical (unpaired) electrons. The molecule has 2 aromatic carbocycles. The first-order valence-electron chi connectivity index (χ1n) is 21.9. The van der Waals surface area contributed by atoms with E-state index in [0.717, 1.165) is 52.1 Å². The molecule has 8 rings (SSSR count). The minimum absolute atomic E-state index is 0.124. The van der Waals surface area contributed by atoms with Gasteiger partial charge in [-0.25, -0.2) is 19.6 Å². The zero-order valence-corrected chi connectivity index (χ0v) is 37.3. The van der Waals surface area contributed by atoms with Gasteiger partial charge in [-0.2, -0.15) is 0 Å². The number of fused-ring (bicyclic) bond motifs is 2. The molecular weight excluding hydrogens is 797 g/mol. The summed E-state index contributed by atoms with van der Waals surface area (Å²) in [7, 11) is 2.56. The minimum atomic E-state index is -0.930. The number of H-pyrrole nitrogens is 2. The number of alkyl carbamates (subject to hydrolysis) is 2. The number of aromatic nitrogens is 4. The van der Waals surface area contributed by atoms with E-state index in [1.165, 1.54) is 56.6 Å². The fraction of sp³-hybridized carbons (Fsp3) is 0.429. The maximum Gasteiger partial charge on any atom is 0.407 e. The van der Waals surface area contributed by atoms with Crippen LogP contribution in [0.1, 0.15) is 102 Å². The second-order valence-electron chi connectivity index (χ2n) is 18.1. The van der Waals surface area contributed by atoms with Gasteiger partial charge in [0, 0.05) is 18.7 Å². The van der Waals surface area contributed by atoms with E-state index in [4.69, 9.17) is 19.4 Å². The number of carbonyl (C=O) groups excluding carboxylic acids is 4. The lowest BCUT2D eigenvalue weighted by Crippen LogP contribution is -2.51. The van der Waals surface area contributed by atoms with Gasteiger partial charge in [-0.1, -0.05) is 93.0 Å². The largest absolute Gasteiger partial charge is 0.453 e. The van der Waals surface area contributed by atoms with Gasteiger partial charge in [0.1, 0.15) is 35.8 Å². The maximum atomic E-state index is 13.9. The van der Waals surface area contributed by atoms with Crippen LogP contribution in [0.4, 0.5) is 9.59 Å². The molecule has 330 valence electrons. The molecule has 2 aliphatic carbocycles. The number of ether oxygens (including phenoxy) is 2. The quantitative estimate of drug-likeness (QED) is 0.109. The maximum absolute atomic E-state index is 13.9. The lowest BCUT2D eigenvalue weighted by molar-refractivity contribution is -0.135. The van der Waals surface area contributed by atoms with E-state index >= 15 is 0 Å². The molecule has 0 bridgehead atoms. The topological polar surface area (TPSA) is 175 Å². The van der Waals surface area contributed by atoms with Crippen LogP contribution in [0.2, 0.25) is 0 Å². The van der Waals surface area contributed by atoms with Gasteiger partial charge in [0.15, 0.2) is 0 Å². The third kappa shape index (κ3) is 8.18. The van der Waals surface area contributed by atoms with E-state index in [1.807, 2.05) is 40.0 Å². The Morgan fingerprint density at radius 2 is 1.30 bits per heavy atom. The number of rotatable bonds is 11. The van der Waals surface area contributed by atoms with Crippen molar-refractivity contribution in [3.05, 3.63) is 107 Å². The summed E-state index contributed by atoms with van der Waals surface area (Å²) in [6.07, 6.45) is 13.3. The van der Waals surface area contributed by atoms with Gasteiger partial charge in [0.2, 0.25) is 5.91 Å². The number of methoxy groups -OCH3 is 2. The van der Waals surface area contributed by atoms with Crippen molar-refractivity contribution in [2.24, 2.45) is 5.92 Å². The molecule has 1 spiro atoms. The Bertz CT molecular complexity index is 2510. The summed E-state index contributed by atoms with van der Waals surface area (Å²) in [5, 5.41) is 5.35. The van der Waals surface area contributed by atoms with Crippen LogP contribution in [-0.4, -0.2) is 93.1 Å². The molecule has 4 heterocycles. The molecule has 4 N–H and O–H groups in total. The van der Waals surface area contributed by atoms with Crippen LogP contribution >= 0.6 is 0 Å². The van der Waals surface area contributed by atoms with Crippen LogP contribution < -0.4 is 10.6 Å². The summed E-state index contributed by atoms with van der Waals surface area (Å²) in [6, 6.07) is 10.6. The molecule has 4 amide bonds. The van der Waals surface area contributed by atoms with E-state index in [9.17, 15) is 19.2 Å². The van der Waals surface area contributed by atoms with Crippen molar-refractivity contribution in [3.63, 3.8) is 0 Å². The van der Waals surface area contributed by atoms with E-state index < -0.39 is 36.4 Å². The highest BCUT2D eigenvalue weighted by Gasteiger charge is 2.44. The van der Waals surface area contributed by atoms with Gasteiger partial charge in [0.05, 0.1) is 38.0 Å². The second kappa shape index (κ2) is 17.4. The van der Waals surface area contributed by atoms with Crippen molar-refractivity contribution in [3.8, 4) is 33.6 Å². The number of carbonyl (C=O) groups is 4. The summed E-state index contributed by atoms with van der Waals surface area (Å²) in [5.74, 6) is 0.709. The first kappa shape index (κ1) is 43.2. The Balaban J connectivity index is 1.06. The highest BCUT2D eigenvalue weighted by atomic mass is 16.5. The highest BCUT2D eigenvalue weighted by molar-refractivity contribution is 5.90. The van der Waals surface area contributed by atoms with Crippen molar-refractivity contribution < 1.29 is 28.7 Å². The molecule has 1 saturated carbocycles. The van der Waals surface area contributed by atoms with Gasteiger partial charge >= 0.3 is 12.2 Å². The first-order chi connectivity index (χ1) is 30.2. The molecule has 4 aromatic rings. The third-order valence-electron chi connectivity index (χ3n) is 13.3. The number of hydrogen-bond acceptors (Lipinski definition) is 8. The van der Waals surface area contributed by atoms with Crippen LogP contribution in [0.25, 0.3) is 33.6 Å². The molecule has 4 aliphatic rings. The average molecular weight is 855 g/mol. The van der Waals surface area contributed by atoms with E-state index in [2.05, 4.69) is 69.7 Å². The first-order valence-corrected chi connectivity index (χ1v) is 21.9. The molecule has 1 fully saturated rings. The lowest BCUT2D eigenvalue weighted by atomic mass is 9.76. The van der Waals surface area contributed by atoms with Crippen LogP contribution in [0.5, 0.6) is 0 Å². The Labute approximate surface area is 368 Å². The van der Waals surface area contributed by atoms with Crippen LogP contribution in [-0.2, 0) is 30.9 Å². The van der Waals surface area contributed by atoms with Crippen LogP contribution in [0, 0.1) is 5.92 Å². The van der Waals surface area contributed by atoms with Gasteiger partial charge in [-0.3, -0.25) is 9.59 Å². The predicted molar refractivity (Wildman–Crippen MR) is 240 cm³/mol. The average Bonchev–Trinajstić information content (AvgIpc) is 4.14. The van der Waals surface area contributed by atoms with Crippen molar-refractivity contribution in [2.75, 3.05) is 27.3 Å². The summed E-state index contributed by atoms with van der Waals surface area (Å²) < 4.78 is 9.59. The number of imidazole rings is 2. The smallest absolute Gasteiger partial charge is 0.407 e.